The lowest BCUT2D eigenvalue weighted by Gasteiger charge is -2.20. The smallest absolute Gasteiger partial charge is 0.303 e. The highest BCUT2D eigenvalue weighted by atomic mass is 16.5. The van der Waals surface area contributed by atoms with Crippen LogP contribution >= 0.6 is 0 Å². The predicted molar refractivity (Wildman–Crippen MR) is 62.5 cm³/mol. The van der Waals surface area contributed by atoms with E-state index in [0.29, 0.717) is 18.3 Å². The van der Waals surface area contributed by atoms with Gasteiger partial charge in [-0.1, -0.05) is 6.92 Å². The quantitative estimate of drug-likeness (QED) is 0.718. The Morgan fingerprint density at radius 3 is 3.00 bits per heavy atom. The van der Waals surface area contributed by atoms with E-state index in [2.05, 4.69) is 11.8 Å². The summed E-state index contributed by atoms with van der Waals surface area (Å²) in [5, 5.41) is 8.62. The van der Waals surface area contributed by atoms with Gasteiger partial charge in [0, 0.05) is 33.2 Å². The second-order valence-electron chi connectivity index (χ2n) is 4.91. The summed E-state index contributed by atoms with van der Waals surface area (Å²) in [6.07, 6.45) is 2.28. The van der Waals surface area contributed by atoms with Gasteiger partial charge < -0.3 is 14.7 Å². The summed E-state index contributed by atoms with van der Waals surface area (Å²) in [6.45, 7) is 6.22. The number of nitrogens with zero attached hydrogens (tertiary/aromatic N) is 1. The number of aliphatic carboxylic acids is 1. The predicted octanol–water partition coefficient (Wildman–Crippen LogP) is 1.46. The highest BCUT2D eigenvalue weighted by Gasteiger charge is 2.23. The molecule has 0 aromatic carbocycles. The monoisotopic (exact) mass is 229 g/mol. The third-order valence-electron chi connectivity index (χ3n) is 3.16. The van der Waals surface area contributed by atoms with Gasteiger partial charge in [-0.15, -0.1) is 0 Å². The molecule has 4 heteroatoms. The Morgan fingerprint density at radius 1 is 1.62 bits per heavy atom. The minimum absolute atomic E-state index is 0.312. The molecule has 16 heavy (non-hydrogen) atoms. The molecule has 1 saturated heterocycles. The topological polar surface area (TPSA) is 49.8 Å². The molecule has 0 aromatic rings. The molecular formula is C12H23NO3. The summed E-state index contributed by atoms with van der Waals surface area (Å²) in [4.78, 5) is 12.9. The third kappa shape index (κ3) is 4.94. The zero-order valence-corrected chi connectivity index (χ0v) is 10.3. The van der Waals surface area contributed by atoms with E-state index in [9.17, 15) is 4.79 Å². The molecule has 1 aliphatic heterocycles. The van der Waals surface area contributed by atoms with Crippen molar-refractivity contribution in [3.05, 3.63) is 0 Å². The minimum Gasteiger partial charge on any atom is -0.481 e. The molecule has 94 valence electrons. The third-order valence-corrected chi connectivity index (χ3v) is 3.16. The maximum absolute atomic E-state index is 10.5. The largest absolute Gasteiger partial charge is 0.481 e. The number of likely N-dealkylation sites (tertiary alicyclic amines) is 1. The van der Waals surface area contributed by atoms with Crippen molar-refractivity contribution >= 4 is 5.97 Å². The molecule has 1 fully saturated rings. The van der Waals surface area contributed by atoms with Crippen LogP contribution in [0, 0.1) is 11.8 Å². The number of carboxylic acids is 1. The highest BCUT2D eigenvalue weighted by molar-refractivity contribution is 5.66. The van der Waals surface area contributed by atoms with E-state index in [4.69, 9.17) is 9.84 Å². The SMILES string of the molecule is COCC(C)CN1CCC(CCC(=O)O)C1. The van der Waals surface area contributed by atoms with E-state index in [1.165, 1.54) is 0 Å². The average Bonchev–Trinajstić information content (AvgIpc) is 2.63. The fourth-order valence-electron chi connectivity index (χ4n) is 2.42. The van der Waals surface area contributed by atoms with E-state index in [1.54, 1.807) is 7.11 Å². The highest BCUT2D eigenvalue weighted by Crippen LogP contribution is 2.21. The lowest BCUT2D eigenvalue weighted by Crippen LogP contribution is -2.28. The number of hydrogen-bond donors (Lipinski definition) is 1. The van der Waals surface area contributed by atoms with Gasteiger partial charge in [-0.25, -0.2) is 0 Å². The van der Waals surface area contributed by atoms with Gasteiger partial charge in [-0.2, -0.15) is 0 Å². The molecule has 2 unspecified atom stereocenters. The Balaban J connectivity index is 2.16. The van der Waals surface area contributed by atoms with Crippen molar-refractivity contribution in [1.82, 2.24) is 4.90 Å². The Kier molecular flexibility index (Phi) is 5.77. The first kappa shape index (κ1) is 13.5. The average molecular weight is 229 g/mol. The molecule has 0 radical (unpaired) electrons. The van der Waals surface area contributed by atoms with Gasteiger partial charge >= 0.3 is 5.97 Å². The van der Waals surface area contributed by atoms with Crippen LogP contribution in [0.25, 0.3) is 0 Å². The first-order valence-electron chi connectivity index (χ1n) is 6.05. The van der Waals surface area contributed by atoms with Crippen molar-refractivity contribution in [2.75, 3.05) is 33.4 Å². The van der Waals surface area contributed by atoms with Crippen molar-refractivity contribution in [1.29, 1.82) is 0 Å². The molecule has 1 aliphatic rings. The van der Waals surface area contributed by atoms with Crippen molar-refractivity contribution < 1.29 is 14.6 Å². The van der Waals surface area contributed by atoms with Crippen LogP contribution in [0.4, 0.5) is 0 Å². The summed E-state index contributed by atoms with van der Waals surface area (Å²) in [5.41, 5.74) is 0. The molecule has 2 atom stereocenters. The molecule has 1 N–H and O–H groups in total. The summed E-state index contributed by atoms with van der Waals surface area (Å²) < 4.78 is 5.12. The molecular weight excluding hydrogens is 206 g/mol. The van der Waals surface area contributed by atoms with Gasteiger partial charge in [0.1, 0.15) is 0 Å². The molecule has 0 spiro atoms. The van der Waals surface area contributed by atoms with Crippen LogP contribution in [0.15, 0.2) is 0 Å². The number of carbonyl (C=O) groups is 1. The summed E-state index contributed by atoms with van der Waals surface area (Å²) >= 11 is 0. The van der Waals surface area contributed by atoms with Gasteiger partial charge in [-0.3, -0.25) is 4.79 Å². The van der Waals surface area contributed by atoms with Crippen molar-refractivity contribution in [2.45, 2.75) is 26.2 Å². The van der Waals surface area contributed by atoms with Crippen LogP contribution in [0.5, 0.6) is 0 Å². The Hall–Kier alpha value is -0.610. The van der Waals surface area contributed by atoms with Crippen LogP contribution in [0.3, 0.4) is 0 Å². The zero-order valence-electron chi connectivity index (χ0n) is 10.3. The minimum atomic E-state index is -0.675. The maximum Gasteiger partial charge on any atom is 0.303 e. The molecule has 4 nitrogen and oxygen atoms in total. The molecule has 0 saturated carbocycles. The normalized spacial score (nSPS) is 23.5. The Morgan fingerprint density at radius 2 is 2.38 bits per heavy atom. The van der Waals surface area contributed by atoms with Crippen molar-refractivity contribution in [3.8, 4) is 0 Å². The molecule has 0 aliphatic carbocycles. The molecule has 1 heterocycles. The molecule has 1 rings (SSSR count). The molecule has 0 aromatic heterocycles. The molecule has 0 amide bonds. The Labute approximate surface area is 97.6 Å². The van der Waals surface area contributed by atoms with Crippen LogP contribution in [-0.4, -0.2) is 49.3 Å². The maximum atomic E-state index is 10.5. The lowest BCUT2D eigenvalue weighted by molar-refractivity contribution is -0.137. The lowest BCUT2D eigenvalue weighted by atomic mass is 10.0. The van der Waals surface area contributed by atoms with Crippen molar-refractivity contribution in [2.24, 2.45) is 11.8 Å². The van der Waals surface area contributed by atoms with Gasteiger partial charge in [0.05, 0.1) is 0 Å². The van der Waals surface area contributed by atoms with Gasteiger partial charge in [-0.05, 0) is 31.2 Å². The van der Waals surface area contributed by atoms with Crippen molar-refractivity contribution in [3.63, 3.8) is 0 Å². The summed E-state index contributed by atoms with van der Waals surface area (Å²) in [6, 6.07) is 0. The summed E-state index contributed by atoms with van der Waals surface area (Å²) in [7, 11) is 1.73. The van der Waals surface area contributed by atoms with E-state index >= 15 is 0 Å². The standard InChI is InChI=1S/C12H23NO3/c1-10(9-16-2)7-13-6-5-11(8-13)3-4-12(14)15/h10-11H,3-9H2,1-2H3,(H,14,15). The van der Waals surface area contributed by atoms with E-state index in [0.717, 1.165) is 39.1 Å². The van der Waals surface area contributed by atoms with Crippen LogP contribution in [-0.2, 0) is 9.53 Å². The number of carboxylic acid groups (broad SMARTS) is 1. The van der Waals surface area contributed by atoms with Gasteiger partial charge in [0.25, 0.3) is 0 Å². The fraction of sp³-hybridized carbons (Fsp3) is 0.917. The number of hydrogen-bond acceptors (Lipinski definition) is 3. The van der Waals surface area contributed by atoms with Gasteiger partial charge in [0.2, 0.25) is 0 Å². The first-order valence-corrected chi connectivity index (χ1v) is 6.05. The number of rotatable bonds is 7. The second kappa shape index (κ2) is 6.86. The van der Waals surface area contributed by atoms with Gasteiger partial charge in [0.15, 0.2) is 0 Å². The van der Waals surface area contributed by atoms with E-state index in [-0.39, 0.29) is 0 Å². The fourth-order valence-corrected chi connectivity index (χ4v) is 2.42. The second-order valence-corrected chi connectivity index (χ2v) is 4.91. The Bertz CT molecular complexity index is 220. The van der Waals surface area contributed by atoms with Crippen LogP contribution in [0.1, 0.15) is 26.2 Å². The zero-order chi connectivity index (χ0) is 12.0. The van der Waals surface area contributed by atoms with E-state index in [1.807, 2.05) is 0 Å². The number of methoxy groups -OCH3 is 1. The van der Waals surface area contributed by atoms with E-state index < -0.39 is 5.97 Å². The first-order chi connectivity index (χ1) is 7.61. The van der Waals surface area contributed by atoms with Crippen LogP contribution in [0.2, 0.25) is 0 Å². The number of ether oxygens (including phenoxy) is 1. The summed E-state index contributed by atoms with van der Waals surface area (Å²) in [5.74, 6) is 0.459. The van der Waals surface area contributed by atoms with Crippen LogP contribution < -0.4 is 0 Å². The molecule has 0 bridgehead atoms.